The molecule has 2 aliphatic rings. The third-order valence-corrected chi connectivity index (χ3v) is 5.35. The van der Waals surface area contributed by atoms with E-state index in [1.54, 1.807) is 12.1 Å². The first-order valence-electron chi connectivity index (χ1n) is 8.69. The number of hydrogen-bond acceptors (Lipinski definition) is 5. The largest absolute Gasteiger partial charge is 0.363 e. The number of anilines is 1. The third kappa shape index (κ3) is 3.88. The Morgan fingerprint density at radius 2 is 1.80 bits per heavy atom. The van der Waals surface area contributed by atoms with Gasteiger partial charge in [0.1, 0.15) is 5.69 Å². The number of rotatable bonds is 4. The molecule has 3 rings (SSSR count). The van der Waals surface area contributed by atoms with Crippen LogP contribution < -0.4 is 4.90 Å². The number of benzene rings is 1. The Morgan fingerprint density at radius 3 is 2.40 bits per heavy atom. The molecule has 0 bridgehead atoms. The van der Waals surface area contributed by atoms with Gasteiger partial charge in [0.05, 0.1) is 11.0 Å². The summed E-state index contributed by atoms with van der Waals surface area (Å²) in [5, 5.41) is 11.6. The van der Waals surface area contributed by atoms with Gasteiger partial charge in [-0.3, -0.25) is 19.8 Å². The smallest absolute Gasteiger partial charge is 0.294 e. The predicted molar refractivity (Wildman–Crippen MR) is 97.2 cm³/mol. The van der Waals surface area contributed by atoms with Gasteiger partial charge in [-0.15, -0.1) is 0 Å². The molecule has 8 heteroatoms. The zero-order chi connectivity index (χ0) is 18.0. The first kappa shape index (κ1) is 17.9. The van der Waals surface area contributed by atoms with Gasteiger partial charge in [0, 0.05) is 50.4 Å². The topological polar surface area (TPSA) is 69.9 Å². The zero-order valence-corrected chi connectivity index (χ0v) is 15.1. The highest BCUT2D eigenvalue weighted by molar-refractivity contribution is 6.30. The Bertz CT molecular complexity index is 655. The lowest BCUT2D eigenvalue weighted by atomic mass is 10.1. The fraction of sp³-hybridized carbons (Fsp3) is 0.588. The molecule has 0 saturated carbocycles. The number of nitrogens with zero attached hydrogens (tertiary/aromatic N) is 4. The standard InChI is InChI=1S/C17H23ClN4O3/c1-13(17(23)21-6-2-3-7-21)19-8-10-20(11-9-19)15-5-4-14(18)12-16(15)22(24)25/h4-5,12-13H,2-3,6-11H2,1H3/t13-/m1/s1. The summed E-state index contributed by atoms with van der Waals surface area (Å²) in [5.74, 6) is 0.198. The number of nitro groups is 1. The van der Waals surface area contributed by atoms with Crippen molar-refractivity contribution in [3.8, 4) is 0 Å². The molecule has 1 atom stereocenters. The van der Waals surface area contributed by atoms with Crippen LogP contribution in [0.4, 0.5) is 11.4 Å². The lowest BCUT2D eigenvalue weighted by molar-refractivity contribution is -0.384. The first-order chi connectivity index (χ1) is 12.0. The van der Waals surface area contributed by atoms with Crippen molar-refractivity contribution in [1.29, 1.82) is 0 Å². The summed E-state index contributed by atoms with van der Waals surface area (Å²) in [5.41, 5.74) is 0.620. The summed E-state index contributed by atoms with van der Waals surface area (Å²) >= 11 is 5.89. The van der Waals surface area contributed by atoms with Crippen LogP contribution in [0.25, 0.3) is 0 Å². The van der Waals surface area contributed by atoms with E-state index in [1.807, 2.05) is 16.7 Å². The number of likely N-dealkylation sites (tertiary alicyclic amines) is 1. The second kappa shape index (κ2) is 7.58. The van der Waals surface area contributed by atoms with Crippen LogP contribution in [0.3, 0.4) is 0 Å². The molecule has 1 aromatic carbocycles. The van der Waals surface area contributed by atoms with Gasteiger partial charge < -0.3 is 9.80 Å². The third-order valence-electron chi connectivity index (χ3n) is 5.11. The van der Waals surface area contributed by atoms with E-state index in [0.29, 0.717) is 36.9 Å². The molecule has 2 aliphatic heterocycles. The fourth-order valence-corrected chi connectivity index (χ4v) is 3.78. The monoisotopic (exact) mass is 366 g/mol. The molecule has 7 nitrogen and oxygen atoms in total. The van der Waals surface area contributed by atoms with E-state index < -0.39 is 4.92 Å². The fourth-order valence-electron chi connectivity index (χ4n) is 3.62. The lowest BCUT2D eigenvalue weighted by Crippen LogP contribution is -2.54. The molecule has 2 fully saturated rings. The van der Waals surface area contributed by atoms with E-state index in [1.165, 1.54) is 6.07 Å². The van der Waals surface area contributed by atoms with Crippen molar-refractivity contribution in [2.75, 3.05) is 44.2 Å². The SMILES string of the molecule is C[C@H](C(=O)N1CCCC1)N1CCN(c2ccc(Cl)cc2[N+](=O)[O-])CC1. The number of carbonyl (C=O) groups excluding carboxylic acids is 1. The molecule has 25 heavy (non-hydrogen) atoms. The molecule has 2 heterocycles. The van der Waals surface area contributed by atoms with E-state index in [9.17, 15) is 14.9 Å². The summed E-state index contributed by atoms with van der Waals surface area (Å²) in [4.78, 5) is 29.5. The van der Waals surface area contributed by atoms with Gasteiger partial charge in [-0.05, 0) is 31.9 Å². The van der Waals surface area contributed by atoms with Crippen LogP contribution in [0.2, 0.25) is 5.02 Å². The van der Waals surface area contributed by atoms with Gasteiger partial charge in [0.25, 0.3) is 5.69 Å². The number of nitro benzene ring substituents is 1. The molecule has 1 aromatic rings. The van der Waals surface area contributed by atoms with E-state index in [2.05, 4.69) is 4.90 Å². The molecule has 0 aromatic heterocycles. The second-order valence-electron chi connectivity index (χ2n) is 6.62. The number of carbonyl (C=O) groups is 1. The van der Waals surface area contributed by atoms with Crippen molar-refractivity contribution in [3.05, 3.63) is 33.3 Å². The average Bonchev–Trinajstić information content (AvgIpc) is 3.15. The van der Waals surface area contributed by atoms with Crippen LogP contribution in [0, 0.1) is 10.1 Å². The highest BCUT2D eigenvalue weighted by Gasteiger charge is 2.31. The van der Waals surface area contributed by atoms with E-state index >= 15 is 0 Å². The van der Waals surface area contributed by atoms with E-state index in [4.69, 9.17) is 11.6 Å². The highest BCUT2D eigenvalue weighted by atomic mass is 35.5. The lowest BCUT2D eigenvalue weighted by Gasteiger charge is -2.39. The van der Waals surface area contributed by atoms with Gasteiger partial charge in [-0.2, -0.15) is 0 Å². The number of piperazine rings is 1. The Hall–Kier alpha value is -1.86. The Labute approximate surface area is 152 Å². The van der Waals surface area contributed by atoms with Crippen molar-refractivity contribution in [1.82, 2.24) is 9.80 Å². The van der Waals surface area contributed by atoms with Crippen LogP contribution >= 0.6 is 11.6 Å². The van der Waals surface area contributed by atoms with Gasteiger partial charge in [-0.25, -0.2) is 0 Å². The molecule has 136 valence electrons. The number of hydrogen-bond donors (Lipinski definition) is 0. The van der Waals surface area contributed by atoms with E-state index in [-0.39, 0.29) is 17.6 Å². The first-order valence-corrected chi connectivity index (χ1v) is 9.07. The molecular formula is C17H23ClN4O3. The van der Waals surface area contributed by atoms with Crippen molar-refractivity contribution < 1.29 is 9.72 Å². The summed E-state index contributed by atoms with van der Waals surface area (Å²) < 4.78 is 0. The van der Waals surface area contributed by atoms with Crippen LogP contribution in [-0.2, 0) is 4.79 Å². The molecule has 0 aliphatic carbocycles. The summed E-state index contributed by atoms with van der Waals surface area (Å²) in [6.07, 6.45) is 2.18. The molecule has 1 amide bonds. The maximum Gasteiger partial charge on any atom is 0.294 e. The minimum atomic E-state index is -0.396. The van der Waals surface area contributed by atoms with Crippen molar-refractivity contribution >= 4 is 28.9 Å². The predicted octanol–water partition coefficient (Wildman–Crippen LogP) is 2.38. The minimum Gasteiger partial charge on any atom is -0.363 e. The molecular weight excluding hydrogens is 344 g/mol. The average molecular weight is 367 g/mol. The summed E-state index contributed by atoms with van der Waals surface area (Å²) in [6.45, 7) is 6.41. The van der Waals surface area contributed by atoms with Gasteiger partial charge in [0.15, 0.2) is 0 Å². The van der Waals surface area contributed by atoms with Crippen LogP contribution in [-0.4, -0.2) is 65.9 Å². The number of halogens is 1. The van der Waals surface area contributed by atoms with Crippen LogP contribution in [0.1, 0.15) is 19.8 Å². The van der Waals surface area contributed by atoms with Crippen molar-refractivity contribution in [3.63, 3.8) is 0 Å². The molecule has 2 saturated heterocycles. The minimum absolute atomic E-state index is 0.0298. The maximum absolute atomic E-state index is 12.5. The molecule has 0 N–H and O–H groups in total. The maximum atomic E-state index is 12.5. The summed E-state index contributed by atoms with van der Waals surface area (Å²) in [7, 11) is 0. The van der Waals surface area contributed by atoms with Gasteiger partial charge >= 0.3 is 0 Å². The molecule has 0 spiro atoms. The van der Waals surface area contributed by atoms with Crippen molar-refractivity contribution in [2.45, 2.75) is 25.8 Å². The molecule has 0 radical (unpaired) electrons. The zero-order valence-electron chi connectivity index (χ0n) is 14.4. The Balaban J connectivity index is 1.64. The highest BCUT2D eigenvalue weighted by Crippen LogP contribution is 2.31. The second-order valence-corrected chi connectivity index (χ2v) is 7.06. The number of amides is 1. The normalized spacial score (nSPS) is 19.9. The van der Waals surface area contributed by atoms with E-state index in [0.717, 1.165) is 25.9 Å². The Kier molecular flexibility index (Phi) is 5.44. The van der Waals surface area contributed by atoms with Crippen LogP contribution in [0.15, 0.2) is 18.2 Å². The summed E-state index contributed by atoms with van der Waals surface area (Å²) in [6, 6.07) is 4.63. The quantitative estimate of drug-likeness (QED) is 0.604. The van der Waals surface area contributed by atoms with Crippen LogP contribution in [0.5, 0.6) is 0 Å². The van der Waals surface area contributed by atoms with Gasteiger partial charge in [0.2, 0.25) is 5.91 Å². The van der Waals surface area contributed by atoms with Gasteiger partial charge in [-0.1, -0.05) is 11.6 Å². The Morgan fingerprint density at radius 1 is 1.16 bits per heavy atom. The molecule has 0 unspecified atom stereocenters. The van der Waals surface area contributed by atoms with Crippen molar-refractivity contribution in [2.24, 2.45) is 0 Å².